The molecule has 0 radical (unpaired) electrons. The first-order valence-corrected chi connectivity index (χ1v) is 9.15. The molecule has 1 aromatic rings. The second-order valence-electron chi connectivity index (χ2n) is 7.04. The van der Waals surface area contributed by atoms with Crippen molar-refractivity contribution < 1.29 is 14.4 Å². The van der Waals surface area contributed by atoms with Gasteiger partial charge in [0.15, 0.2) is 5.78 Å². The van der Waals surface area contributed by atoms with Crippen LogP contribution in [0.15, 0.2) is 24.3 Å². The van der Waals surface area contributed by atoms with Crippen LogP contribution in [0.2, 0.25) is 0 Å². The summed E-state index contributed by atoms with van der Waals surface area (Å²) in [6.45, 7) is 5.49. The lowest BCUT2D eigenvalue weighted by Crippen LogP contribution is -2.53. The SMILES string of the molecule is CC(=O)c1ccc(N2CCN(C(=O)C3CCCN(C(N)=O)C3)CC2)cc1. The summed E-state index contributed by atoms with van der Waals surface area (Å²) in [6, 6.07) is 7.16. The lowest BCUT2D eigenvalue weighted by molar-refractivity contribution is -0.137. The normalized spacial score (nSPS) is 20.8. The molecule has 26 heavy (non-hydrogen) atoms. The zero-order valence-corrected chi connectivity index (χ0v) is 15.2. The van der Waals surface area contributed by atoms with Crippen LogP contribution in [-0.2, 0) is 4.79 Å². The smallest absolute Gasteiger partial charge is 0.314 e. The number of ketones is 1. The highest BCUT2D eigenvalue weighted by Gasteiger charge is 2.32. The number of nitrogens with zero attached hydrogens (tertiary/aromatic N) is 3. The first kappa shape index (κ1) is 18.2. The summed E-state index contributed by atoms with van der Waals surface area (Å²) in [6.07, 6.45) is 1.64. The van der Waals surface area contributed by atoms with E-state index in [0.717, 1.165) is 31.6 Å². The molecule has 0 aliphatic carbocycles. The molecule has 7 nitrogen and oxygen atoms in total. The number of carbonyl (C=O) groups excluding carboxylic acids is 3. The molecule has 0 spiro atoms. The summed E-state index contributed by atoms with van der Waals surface area (Å²) in [4.78, 5) is 41.2. The molecule has 2 saturated heterocycles. The van der Waals surface area contributed by atoms with Gasteiger partial charge in [-0.05, 0) is 44.0 Å². The van der Waals surface area contributed by atoms with Crippen molar-refractivity contribution in [3.8, 4) is 0 Å². The van der Waals surface area contributed by atoms with E-state index in [1.165, 1.54) is 0 Å². The van der Waals surface area contributed by atoms with Gasteiger partial charge in [0.05, 0.1) is 5.92 Å². The third kappa shape index (κ3) is 3.98. The number of nitrogens with two attached hydrogens (primary N) is 1. The molecule has 1 atom stereocenters. The second-order valence-corrected chi connectivity index (χ2v) is 7.04. The van der Waals surface area contributed by atoms with E-state index in [2.05, 4.69) is 4.90 Å². The van der Waals surface area contributed by atoms with Crippen LogP contribution < -0.4 is 10.6 Å². The average Bonchev–Trinajstić information content (AvgIpc) is 2.67. The van der Waals surface area contributed by atoms with Crippen LogP contribution in [0.25, 0.3) is 0 Å². The molecule has 2 aliphatic rings. The minimum atomic E-state index is -0.443. The van der Waals surface area contributed by atoms with Crippen LogP contribution in [0.5, 0.6) is 0 Å². The molecule has 140 valence electrons. The maximum atomic E-state index is 12.8. The zero-order chi connectivity index (χ0) is 18.7. The number of primary amides is 1. The minimum absolute atomic E-state index is 0.0597. The summed E-state index contributed by atoms with van der Waals surface area (Å²) in [7, 11) is 0. The Morgan fingerprint density at radius 3 is 2.19 bits per heavy atom. The zero-order valence-electron chi connectivity index (χ0n) is 15.2. The van der Waals surface area contributed by atoms with E-state index in [-0.39, 0.29) is 17.6 Å². The summed E-state index contributed by atoms with van der Waals surface area (Å²) in [5.41, 5.74) is 7.13. The van der Waals surface area contributed by atoms with E-state index in [9.17, 15) is 14.4 Å². The van der Waals surface area contributed by atoms with Crippen LogP contribution in [0.1, 0.15) is 30.1 Å². The topological polar surface area (TPSA) is 87.0 Å². The fourth-order valence-corrected chi connectivity index (χ4v) is 3.73. The third-order valence-corrected chi connectivity index (χ3v) is 5.31. The van der Waals surface area contributed by atoms with Crippen LogP contribution in [0.4, 0.5) is 10.5 Å². The van der Waals surface area contributed by atoms with Gasteiger partial charge < -0.3 is 20.4 Å². The van der Waals surface area contributed by atoms with Gasteiger partial charge >= 0.3 is 6.03 Å². The largest absolute Gasteiger partial charge is 0.368 e. The predicted octanol–water partition coefficient (Wildman–Crippen LogP) is 1.33. The third-order valence-electron chi connectivity index (χ3n) is 5.31. The summed E-state index contributed by atoms with van der Waals surface area (Å²) in [5.74, 6) is 0.0460. The molecule has 2 aliphatic heterocycles. The number of hydrogen-bond donors (Lipinski definition) is 1. The van der Waals surface area contributed by atoms with Gasteiger partial charge in [-0.1, -0.05) is 0 Å². The number of carbonyl (C=O) groups is 3. The number of amides is 3. The summed E-state index contributed by atoms with van der Waals surface area (Å²) < 4.78 is 0. The number of piperazine rings is 1. The van der Waals surface area contributed by atoms with E-state index < -0.39 is 6.03 Å². The molecule has 2 N–H and O–H groups in total. The standard InChI is InChI=1S/C19H26N4O3/c1-14(24)15-4-6-17(7-5-15)21-9-11-22(12-10-21)18(25)16-3-2-8-23(13-16)19(20)26/h4-7,16H,2-3,8-13H2,1H3,(H2,20,26). The van der Waals surface area contributed by atoms with E-state index in [4.69, 9.17) is 5.73 Å². The van der Waals surface area contributed by atoms with E-state index >= 15 is 0 Å². The van der Waals surface area contributed by atoms with Gasteiger partial charge in [0.25, 0.3) is 0 Å². The van der Waals surface area contributed by atoms with Crippen LogP contribution in [0.3, 0.4) is 0 Å². The molecule has 3 rings (SSSR count). The van der Waals surface area contributed by atoms with Gasteiger partial charge in [-0.25, -0.2) is 4.79 Å². The predicted molar refractivity (Wildman–Crippen MR) is 99.1 cm³/mol. The van der Waals surface area contributed by atoms with E-state index in [1.807, 2.05) is 29.2 Å². The van der Waals surface area contributed by atoms with Gasteiger partial charge in [-0.3, -0.25) is 9.59 Å². The Morgan fingerprint density at radius 1 is 0.962 bits per heavy atom. The molecular formula is C19H26N4O3. The van der Waals surface area contributed by atoms with E-state index in [0.29, 0.717) is 31.7 Å². The number of anilines is 1. The van der Waals surface area contributed by atoms with Crippen LogP contribution >= 0.6 is 0 Å². The number of urea groups is 1. The van der Waals surface area contributed by atoms with Crippen molar-refractivity contribution in [2.24, 2.45) is 11.7 Å². The Bertz CT molecular complexity index is 681. The Hall–Kier alpha value is -2.57. The summed E-state index contributed by atoms with van der Waals surface area (Å²) in [5, 5.41) is 0. The molecule has 2 heterocycles. The van der Waals surface area contributed by atoms with Crippen molar-refractivity contribution in [3.05, 3.63) is 29.8 Å². The molecule has 2 fully saturated rings. The second kappa shape index (κ2) is 7.76. The lowest BCUT2D eigenvalue weighted by Gasteiger charge is -2.39. The first-order chi connectivity index (χ1) is 12.5. The minimum Gasteiger partial charge on any atom is -0.368 e. The number of hydrogen-bond acceptors (Lipinski definition) is 4. The fourth-order valence-electron chi connectivity index (χ4n) is 3.73. The van der Waals surface area contributed by atoms with E-state index in [1.54, 1.807) is 11.8 Å². The van der Waals surface area contributed by atoms with Crippen LogP contribution in [0, 0.1) is 5.92 Å². The first-order valence-electron chi connectivity index (χ1n) is 9.15. The highest BCUT2D eigenvalue weighted by Crippen LogP contribution is 2.22. The Kier molecular flexibility index (Phi) is 5.44. The molecule has 0 saturated carbocycles. The highest BCUT2D eigenvalue weighted by atomic mass is 16.2. The monoisotopic (exact) mass is 358 g/mol. The van der Waals surface area contributed by atoms with Crippen molar-refractivity contribution in [3.63, 3.8) is 0 Å². The van der Waals surface area contributed by atoms with Gasteiger partial charge in [-0.2, -0.15) is 0 Å². The molecule has 1 aromatic carbocycles. The molecule has 3 amide bonds. The van der Waals surface area contributed by atoms with Crippen molar-refractivity contribution in [2.75, 3.05) is 44.2 Å². The number of Topliss-reactive ketones (excluding diaryl/α,β-unsaturated/α-hetero) is 1. The van der Waals surface area contributed by atoms with Gasteiger partial charge in [0.2, 0.25) is 5.91 Å². The van der Waals surface area contributed by atoms with Crippen molar-refractivity contribution in [1.29, 1.82) is 0 Å². The van der Waals surface area contributed by atoms with Crippen LogP contribution in [-0.4, -0.2) is 66.8 Å². The fraction of sp³-hybridized carbons (Fsp3) is 0.526. The average molecular weight is 358 g/mol. The quantitative estimate of drug-likeness (QED) is 0.826. The number of likely N-dealkylation sites (tertiary alicyclic amines) is 1. The molecule has 1 unspecified atom stereocenters. The van der Waals surface area contributed by atoms with Gasteiger partial charge in [0, 0.05) is 50.5 Å². The van der Waals surface area contributed by atoms with Gasteiger partial charge in [0.1, 0.15) is 0 Å². The van der Waals surface area contributed by atoms with Crippen molar-refractivity contribution >= 4 is 23.4 Å². The number of rotatable bonds is 3. The Balaban J connectivity index is 1.55. The molecular weight excluding hydrogens is 332 g/mol. The molecule has 7 heteroatoms. The summed E-state index contributed by atoms with van der Waals surface area (Å²) >= 11 is 0. The molecule has 0 aromatic heterocycles. The maximum Gasteiger partial charge on any atom is 0.314 e. The Morgan fingerprint density at radius 2 is 1.62 bits per heavy atom. The highest BCUT2D eigenvalue weighted by molar-refractivity contribution is 5.94. The van der Waals surface area contributed by atoms with Crippen molar-refractivity contribution in [1.82, 2.24) is 9.80 Å². The maximum absolute atomic E-state index is 12.8. The van der Waals surface area contributed by atoms with Gasteiger partial charge in [-0.15, -0.1) is 0 Å². The number of benzene rings is 1. The number of piperidine rings is 1. The lowest BCUT2D eigenvalue weighted by atomic mass is 9.96. The Labute approximate surface area is 153 Å². The molecule has 0 bridgehead atoms. The van der Waals surface area contributed by atoms with Crippen molar-refractivity contribution in [2.45, 2.75) is 19.8 Å².